The molecule has 0 heterocycles. The van der Waals surface area contributed by atoms with Crippen LogP contribution in [0.5, 0.6) is 5.75 Å². The van der Waals surface area contributed by atoms with Crippen LogP contribution < -0.4 is 10.5 Å². The molecule has 1 aromatic carbocycles. The van der Waals surface area contributed by atoms with Crippen molar-refractivity contribution < 1.29 is 4.74 Å². The Balaban J connectivity index is 0.00000180. The summed E-state index contributed by atoms with van der Waals surface area (Å²) in [6, 6.07) is 6.22. The highest BCUT2D eigenvalue weighted by atomic mass is 127. The molecular weight excluding hydrogens is 377 g/mol. The first-order valence-electron chi connectivity index (χ1n) is 5.97. The molecule has 0 aromatic heterocycles. The summed E-state index contributed by atoms with van der Waals surface area (Å²) in [7, 11) is 3.58. The van der Waals surface area contributed by atoms with E-state index in [0.29, 0.717) is 29.3 Å². The normalized spacial score (nSPS) is 14.8. The minimum Gasteiger partial charge on any atom is -0.495 e. The van der Waals surface area contributed by atoms with Gasteiger partial charge in [-0.05, 0) is 30.5 Å². The van der Waals surface area contributed by atoms with Gasteiger partial charge in [0.15, 0.2) is 5.96 Å². The molecule has 0 aliphatic heterocycles. The smallest absolute Gasteiger partial charge is 0.191 e. The highest BCUT2D eigenvalue weighted by Crippen LogP contribution is 2.26. The van der Waals surface area contributed by atoms with E-state index in [1.54, 1.807) is 7.11 Å². The fraction of sp³-hybridized carbons (Fsp3) is 0.462. The second-order valence-corrected chi connectivity index (χ2v) is 4.89. The summed E-state index contributed by atoms with van der Waals surface area (Å²) in [5.41, 5.74) is 6.94. The van der Waals surface area contributed by atoms with E-state index in [9.17, 15) is 0 Å². The van der Waals surface area contributed by atoms with E-state index in [4.69, 9.17) is 22.1 Å². The first-order chi connectivity index (χ1) is 8.61. The number of methoxy groups -OCH3 is 1. The number of benzene rings is 1. The minimum atomic E-state index is 0. The van der Waals surface area contributed by atoms with Gasteiger partial charge in [-0.25, -0.2) is 4.99 Å². The fourth-order valence-electron chi connectivity index (χ4n) is 1.74. The molecule has 1 aromatic rings. The summed E-state index contributed by atoms with van der Waals surface area (Å²) >= 11 is 6.05. The van der Waals surface area contributed by atoms with Crippen molar-refractivity contribution >= 4 is 41.5 Å². The largest absolute Gasteiger partial charge is 0.495 e. The highest BCUT2D eigenvalue weighted by molar-refractivity contribution is 14.0. The summed E-state index contributed by atoms with van der Waals surface area (Å²) in [5, 5.41) is 0.597. The fourth-order valence-corrected chi connectivity index (χ4v) is 2.02. The number of hydrogen-bond donors (Lipinski definition) is 1. The second kappa shape index (κ2) is 7.19. The first-order valence-corrected chi connectivity index (χ1v) is 6.34. The van der Waals surface area contributed by atoms with E-state index >= 15 is 0 Å². The van der Waals surface area contributed by atoms with Gasteiger partial charge in [0.05, 0.1) is 18.7 Å². The van der Waals surface area contributed by atoms with Gasteiger partial charge in [0.2, 0.25) is 0 Å². The average Bonchev–Trinajstić information content (AvgIpc) is 3.19. The highest BCUT2D eigenvalue weighted by Gasteiger charge is 2.27. The van der Waals surface area contributed by atoms with E-state index in [1.807, 2.05) is 30.1 Å². The molecule has 0 spiro atoms. The molecule has 1 aliphatic carbocycles. The van der Waals surface area contributed by atoms with Crippen molar-refractivity contribution in [3.05, 3.63) is 28.8 Å². The van der Waals surface area contributed by atoms with Gasteiger partial charge >= 0.3 is 0 Å². The number of halogens is 2. The van der Waals surface area contributed by atoms with Gasteiger partial charge in [-0.1, -0.05) is 17.7 Å². The van der Waals surface area contributed by atoms with Crippen LogP contribution in [-0.2, 0) is 6.54 Å². The van der Waals surface area contributed by atoms with E-state index in [0.717, 1.165) is 5.56 Å². The molecular formula is C13H19ClIN3O. The Morgan fingerprint density at radius 1 is 1.53 bits per heavy atom. The third-order valence-electron chi connectivity index (χ3n) is 3.10. The number of nitrogens with zero attached hydrogens (tertiary/aromatic N) is 2. The number of hydrogen-bond acceptors (Lipinski definition) is 2. The third kappa shape index (κ3) is 4.42. The van der Waals surface area contributed by atoms with Gasteiger partial charge in [0.25, 0.3) is 0 Å². The molecule has 0 unspecified atom stereocenters. The molecule has 0 radical (unpaired) electrons. The quantitative estimate of drug-likeness (QED) is 0.484. The van der Waals surface area contributed by atoms with Gasteiger partial charge in [-0.2, -0.15) is 0 Å². The first kappa shape index (κ1) is 16.4. The summed E-state index contributed by atoms with van der Waals surface area (Å²) < 4.78 is 5.10. The van der Waals surface area contributed by atoms with Crippen LogP contribution >= 0.6 is 35.6 Å². The molecule has 1 fully saturated rings. The van der Waals surface area contributed by atoms with E-state index in [-0.39, 0.29) is 24.0 Å². The Bertz CT molecular complexity index is 463. The van der Waals surface area contributed by atoms with E-state index < -0.39 is 0 Å². The van der Waals surface area contributed by atoms with Crippen molar-refractivity contribution in [1.29, 1.82) is 0 Å². The van der Waals surface area contributed by atoms with Crippen LogP contribution in [0, 0.1) is 0 Å². The van der Waals surface area contributed by atoms with Crippen molar-refractivity contribution in [1.82, 2.24) is 4.90 Å². The van der Waals surface area contributed by atoms with Gasteiger partial charge < -0.3 is 15.4 Å². The van der Waals surface area contributed by atoms with Crippen LogP contribution in [0.4, 0.5) is 0 Å². The van der Waals surface area contributed by atoms with Crippen molar-refractivity contribution in [2.75, 3.05) is 14.2 Å². The molecule has 106 valence electrons. The lowest BCUT2D eigenvalue weighted by molar-refractivity contribution is 0.415. The summed E-state index contributed by atoms with van der Waals surface area (Å²) in [6.07, 6.45) is 2.42. The summed E-state index contributed by atoms with van der Waals surface area (Å²) in [4.78, 5) is 6.41. The molecule has 6 heteroatoms. The molecule has 0 saturated heterocycles. The van der Waals surface area contributed by atoms with Crippen molar-refractivity contribution in [3.63, 3.8) is 0 Å². The van der Waals surface area contributed by atoms with Crippen molar-refractivity contribution in [2.45, 2.75) is 25.4 Å². The Hall–Kier alpha value is -0.690. The van der Waals surface area contributed by atoms with Crippen molar-refractivity contribution in [3.8, 4) is 5.75 Å². The number of guanidine groups is 1. The monoisotopic (exact) mass is 395 g/mol. The van der Waals surface area contributed by atoms with Crippen LogP contribution in [0.3, 0.4) is 0 Å². The molecule has 0 bridgehead atoms. The van der Waals surface area contributed by atoms with Gasteiger partial charge in [-0.3, -0.25) is 0 Å². The maximum Gasteiger partial charge on any atom is 0.191 e. The standard InChI is InChI=1S/C13H18ClN3O.HI/c1-17(10-4-5-10)13(15)16-8-9-3-6-12(18-2)11(14)7-9;/h3,6-7,10H,4-5,8H2,1-2H3,(H2,15,16);1H. The number of ether oxygens (including phenoxy) is 1. The topological polar surface area (TPSA) is 50.9 Å². The Kier molecular flexibility index (Phi) is 6.19. The number of nitrogens with two attached hydrogens (primary N) is 1. The molecule has 1 saturated carbocycles. The SMILES string of the molecule is COc1ccc(CN=C(N)N(C)C2CC2)cc1Cl.I. The summed E-state index contributed by atoms with van der Waals surface area (Å²) in [5.74, 6) is 1.26. The zero-order valence-electron chi connectivity index (χ0n) is 11.1. The van der Waals surface area contributed by atoms with Crippen LogP contribution in [0.2, 0.25) is 5.02 Å². The molecule has 2 rings (SSSR count). The molecule has 1 aliphatic rings. The van der Waals surface area contributed by atoms with Crippen LogP contribution in [0.15, 0.2) is 23.2 Å². The number of aliphatic imine (C=N–C) groups is 1. The predicted octanol–water partition coefficient (Wildman–Crippen LogP) is 2.88. The molecule has 0 amide bonds. The maximum absolute atomic E-state index is 6.05. The van der Waals surface area contributed by atoms with E-state index in [2.05, 4.69) is 4.99 Å². The van der Waals surface area contributed by atoms with Gasteiger partial charge in [-0.15, -0.1) is 24.0 Å². The molecule has 4 nitrogen and oxygen atoms in total. The van der Waals surface area contributed by atoms with Crippen LogP contribution in [-0.4, -0.2) is 31.1 Å². The Labute approximate surface area is 136 Å². The zero-order chi connectivity index (χ0) is 13.1. The summed E-state index contributed by atoms with van der Waals surface area (Å²) in [6.45, 7) is 0.534. The minimum absolute atomic E-state index is 0. The average molecular weight is 396 g/mol. The molecule has 19 heavy (non-hydrogen) atoms. The lowest BCUT2D eigenvalue weighted by Gasteiger charge is -2.16. The third-order valence-corrected chi connectivity index (χ3v) is 3.39. The Morgan fingerprint density at radius 2 is 2.21 bits per heavy atom. The lowest BCUT2D eigenvalue weighted by atomic mass is 10.2. The van der Waals surface area contributed by atoms with E-state index in [1.165, 1.54) is 12.8 Å². The van der Waals surface area contributed by atoms with Crippen LogP contribution in [0.1, 0.15) is 18.4 Å². The number of rotatable bonds is 4. The second-order valence-electron chi connectivity index (χ2n) is 4.49. The Morgan fingerprint density at radius 3 is 2.74 bits per heavy atom. The molecule has 0 atom stereocenters. The van der Waals surface area contributed by atoms with Gasteiger partial charge in [0.1, 0.15) is 5.75 Å². The van der Waals surface area contributed by atoms with Crippen LogP contribution in [0.25, 0.3) is 0 Å². The molecule has 2 N–H and O–H groups in total. The maximum atomic E-state index is 6.05. The lowest BCUT2D eigenvalue weighted by Crippen LogP contribution is -2.35. The predicted molar refractivity (Wildman–Crippen MR) is 89.5 cm³/mol. The zero-order valence-corrected chi connectivity index (χ0v) is 14.2. The van der Waals surface area contributed by atoms with Crippen molar-refractivity contribution in [2.24, 2.45) is 10.7 Å². The van der Waals surface area contributed by atoms with Gasteiger partial charge in [0, 0.05) is 13.1 Å².